The summed E-state index contributed by atoms with van der Waals surface area (Å²) in [5.74, 6) is -0.739. The molecule has 0 rings (SSSR count). The second kappa shape index (κ2) is 19.2. The smallest absolute Gasteiger partial charge is 0.303 e. The molecule has 0 fully saturated rings. The first kappa shape index (κ1) is 22.2. The molecule has 0 aliphatic heterocycles. The van der Waals surface area contributed by atoms with Gasteiger partial charge in [-0.15, -0.1) is 0 Å². The number of carboxylic acid groups (broad SMARTS) is 1. The number of hydrogen-bond donors (Lipinski definition) is 1. The molecule has 0 atom stereocenters. The van der Waals surface area contributed by atoms with Gasteiger partial charge in [-0.2, -0.15) is 0 Å². The van der Waals surface area contributed by atoms with E-state index in [1.165, 1.54) is 25.7 Å². The monoisotopic (exact) mass is 330 g/mol. The van der Waals surface area contributed by atoms with Gasteiger partial charge in [0.2, 0.25) is 0 Å². The molecule has 0 saturated carbocycles. The number of hydrogen-bond acceptors (Lipinski definition) is 1. The molecule has 0 aromatic carbocycles. The van der Waals surface area contributed by atoms with E-state index in [2.05, 4.69) is 55.5 Å². The van der Waals surface area contributed by atoms with Crippen LogP contribution in [0.1, 0.15) is 71.1 Å². The second-order valence-corrected chi connectivity index (χ2v) is 5.73. The maximum atomic E-state index is 10.3. The third-order valence-corrected chi connectivity index (χ3v) is 3.42. The molecule has 24 heavy (non-hydrogen) atoms. The molecule has 2 nitrogen and oxygen atoms in total. The van der Waals surface area contributed by atoms with Gasteiger partial charge in [-0.25, -0.2) is 0 Å². The Morgan fingerprint density at radius 3 is 1.50 bits per heavy atom. The molecule has 0 unspecified atom stereocenters. The quantitative estimate of drug-likeness (QED) is 0.265. The normalized spacial score (nSPS) is 12.7. The Balaban J connectivity index is 3.46. The number of carboxylic acids is 1. The van der Waals surface area contributed by atoms with Gasteiger partial charge in [0.15, 0.2) is 0 Å². The molecule has 0 aromatic heterocycles. The van der Waals surface area contributed by atoms with E-state index in [1.54, 1.807) is 0 Å². The molecular weight excluding hydrogens is 296 g/mol. The summed E-state index contributed by atoms with van der Waals surface area (Å²) in [5.41, 5.74) is 0. The van der Waals surface area contributed by atoms with Gasteiger partial charge in [0.1, 0.15) is 0 Å². The number of allylic oxidation sites excluding steroid dienone is 10. The van der Waals surface area contributed by atoms with E-state index in [1.807, 2.05) is 12.2 Å². The van der Waals surface area contributed by atoms with Crippen molar-refractivity contribution in [3.05, 3.63) is 60.8 Å². The second-order valence-electron chi connectivity index (χ2n) is 5.73. The highest BCUT2D eigenvalue weighted by atomic mass is 16.4. The molecule has 0 aliphatic carbocycles. The highest BCUT2D eigenvalue weighted by Crippen LogP contribution is 2.01. The Morgan fingerprint density at radius 1 is 0.667 bits per heavy atom. The summed E-state index contributed by atoms with van der Waals surface area (Å²) >= 11 is 0. The Bertz CT molecular complexity index is 425. The Hall–Kier alpha value is -1.83. The highest BCUT2D eigenvalue weighted by Gasteiger charge is 1.90. The van der Waals surface area contributed by atoms with Crippen molar-refractivity contribution in [3.8, 4) is 0 Å². The van der Waals surface area contributed by atoms with Crippen molar-refractivity contribution < 1.29 is 9.90 Å². The van der Waals surface area contributed by atoms with Crippen molar-refractivity contribution >= 4 is 5.97 Å². The molecule has 0 aromatic rings. The van der Waals surface area contributed by atoms with Crippen LogP contribution in [0.2, 0.25) is 0 Å². The average molecular weight is 331 g/mol. The van der Waals surface area contributed by atoms with Crippen LogP contribution < -0.4 is 0 Å². The lowest BCUT2D eigenvalue weighted by molar-refractivity contribution is -0.136. The van der Waals surface area contributed by atoms with Gasteiger partial charge >= 0.3 is 5.97 Å². The van der Waals surface area contributed by atoms with Gasteiger partial charge in [0.25, 0.3) is 0 Å². The molecule has 0 aliphatic rings. The fourth-order valence-corrected chi connectivity index (χ4v) is 2.04. The molecular formula is C22H34O2. The first-order chi connectivity index (χ1) is 11.8. The van der Waals surface area contributed by atoms with Crippen molar-refractivity contribution in [3.63, 3.8) is 0 Å². The summed E-state index contributed by atoms with van der Waals surface area (Å²) in [5, 5.41) is 8.49. The first-order valence-electron chi connectivity index (χ1n) is 9.24. The van der Waals surface area contributed by atoms with Crippen LogP contribution in [0.25, 0.3) is 0 Å². The predicted octanol–water partition coefficient (Wildman–Crippen LogP) is 6.77. The summed E-state index contributed by atoms with van der Waals surface area (Å²) in [6.45, 7) is 2.23. The number of rotatable bonds is 15. The largest absolute Gasteiger partial charge is 0.481 e. The van der Waals surface area contributed by atoms with Gasteiger partial charge in [-0.3, -0.25) is 4.79 Å². The van der Waals surface area contributed by atoms with Gasteiger partial charge in [0, 0.05) is 6.42 Å². The molecule has 0 saturated heterocycles. The maximum Gasteiger partial charge on any atom is 0.303 e. The average Bonchev–Trinajstić information content (AvgIpc) is 2.56. The molecule has 0 radical (unpaired) electrons. The summed E-state index contributed by atoms with van der Waals surface area (Å²) < 4.78 is 0. The van der Waals surface area contributed by atoms with Crippen LogP contribution in [0.15, 0.2) is 60.8 Å². The van der Waals surface area contributed by atoms with Gasteiger partial charge in [0.05, 0.1) is 0 Å². The summed E-state index contributed by atoms with van der Waals surface area (Å²) in [6, 6.07) is 0. The van der Waals surface area contributed by atoms with E-state index in [0.29, 0.717) is 6.42 Å². The van der Waals surface area contributed by atoms with Crippen molar-refractivity contribution in [2.45, 2.75) is 71.1 Å². The number of unbranched alkanes of at least 4 members (excludes halogenated alkanes) is 3. The summed E-state index contributed by atoms with van der Waals surface area (Å²) in [6.07, 6.45) is 31.4. The van der Waals surface area contributed by atoms with Crippen LogP contribution in [0.5, 0.6) is 0 Å². The van der Waals surface area contributed by atoms with E-state index in [9.17, 15) is 4.79 Å². The van der Waals surface area contributed by atoms with E-state index in [-0.39, 0.29) is 6.42 Å². The third-order valence-electron chi connectivity index (χ3n) is 3.42. The van der Waals surface area contributed by atoms with Gasteiger partial charge in [-0.1, -0.05) is 80.5 Å². The minimum absolute atomic E-state index is 0.213. The van der Waals surface area contributed by atoms with Crippen LogP contribution in [-0.2, 0) is 4.79 Å². The number of carbonyl (C=O) groups is 1. The number of aliphatic carboxylic acids is 1. The Kier molecular flexibility index (Phi) is 17.8. The molecule has 0 amide bonds. The zero-order valence-electron chi connectivity index (χ0n) is 15.2. The van der Waals surface area contributed by atoms with Crippen LogP contribution >= 0.6 is 0 Å². The van der Waals surface area contributed by atoms with E-state index in [0.717, 1.165) is 25.7 Å². The van der Waals surface area contributed by atoms with E-state index >= 15 is 0 Å². The zero-order valence-corrected chi connectivity index (χ0v) is 15.2. The molecule has 2 heteroatoms. The molecule has 0 heterocycles. The molecule has 1 N–H and O–H groups in total. The minimum Gasteiger partial charge on any atom is -0.481 e. The van der Waals surface area contributed by atoms with E-state index in [4.69, 9.17) is 5.11 Å². The summed E-state index contributed by atoms with van der Waals surface area (Å²) in [7, 11) is 0. The van der Waals surface area contributed by atoms with Crippen molar-refractivity contribution in [1.29, 1.82) is 0 Å². The SMILES string of the molecule is CCCCC/C=C\C/C=C\C/C=C/C/C=C/C/C=C/CCC(=O)O. The minimum atomic E-state index is -0.739. The van der Waals surface area contributed by atoms with Gasteiger partial charge < -0.3 is 5.11 Å². The third kappa shape index (κ3) is 20.2. The van der Waals surface area contributed by atoms with E-state index < -0.39 is 5.97 Å². The molecule has 0 bridgehead atoms. The lowest BCUT2D eigenvalue weighted by Gasteiger charge is -1.90. The standard InChI is InChI=1S/C22H34O2/c1-2-3-4-5-6-7-8-9-10-11-12-13-14-15-16-17-18-19-20-21-22(23)24/h6-7,9-10,12-13,15-16,18-19H,2-5,8,11,14,17,20-21H2,1H3,(H,23,24)/b7-6-,10-9-,13-12+,16-15+,19-18+. The fraction of sp³-hybridized carbons (Fsp3) is 0.500. The first-order valence-corrected chi connectivity index (χ1v) is 9.24. The fourth-order valence-electron chi connectivity index (χ4n) is 2.04. The highest BCUT2D eigenvalue weighted by molar-refractivity contribution is 5.66. The van der Waals surface area contributed by atoms with Crippen molar-refractivity contribution in [2.24, 2.45) is 0 Å². The topological polar surface area (TPSA) is 37.3 Å². The maximum absolute atomic E-state index is 10.3. The van der Waals surface area contributed by atoms with Crippen LogP contribution in [-0.4, -0.2) is 11.1 Å². The Labute approximate surface area is 148 Å². The lowest BCUT2D eigenvalue weighted by Crippen LogP contribution is -1.91. The lowest BCUT2D eigenvalue weighted by atomic mass is 10.2. The molecule has 134 valence electrons. The van der Waals surface area contributed by atoms with Crippen LogP contribution in [0.4, 0.5) is 0 Å². The van der Waals surface area contributed by atoms with Crippen LogP contribution in [0.3, 0.4) is 0 Å². The van der Waals surface area contributed by atoms with Crippen molar-refractivity contribution in [1.82, 2.24) is 0 Å². The molecule has 0 spiro atoms. The van der Waals surface area contributed by atoms with Gasteiger partial charge in [-0.05, 0) is 44.9 Å². The zero-order chi connectivity index (χ0) is 17.7. The van der Waals surface area contributed by atoms with Crippen LogP contribution in [0, 0.1) is 0 Å². The predicted molar refractivity (Wildman–Crippen MR) is 105 cm³/mol. The summed E-state index contributed by atoms with van der Waals surface area (Å²) in [4.78, 5) is 10.3. The van der Waals surface area contributed by atoms with Crippen molar-refractivity contribution in [2.75, 3.05) is 0 Å². The Morgan fingerprint density at radius 2 is 1.08 bits per heavy atom.